The molecular weight excluding hydrogens is 558 g/mol. The van der Waals surface area contributed by atoms with Gasteiger partial charge in [0.2, 0.25) is 0 Å². The summed E-state index contributed by atoms with van der Waals surface area (Å²) in [6.07, 6.45) is 0.994. The van der Waals surface area contributed by atoms with Crippen LogP contribution in [0.4, 0.5) is 24.5 Å². The highest BCUT2D eigenvalue weighted by molar-refractivity contribution is 6.05. The maximum Gasteiger partial charge on any atom is 0.274 e. The first-order valence-electron chi connectivity index (χ1n) is 12.0. The van der Waals surface area contributed by atoms with E-state index in [1.54, 1.807) is 0 Å². The van der Waals surface area contributed by atoms with Gasteiger partial charge in [0.15, 0.2) is 0 Å². The Kier molecular flexibility index (Phi) is 9.45. The lowest BCUT2D eigenvalue weighted by molar-refractivity contribution is 0.0784. The number of nitrogens with zero attached hydrogens (tertiary/aromatic N) is 3. The molecule has 2 aliphatic rings. The minimum Gasteiger partial charge on any atom is -0.391 e. The van der Waals surface area contributed by atoms with Crippen molar-refractivity contribution in [2.24, 2.45) is 11.7 Å². The molecular formula is C26H28Cl2F3N5O3. The first kappa shape index (κ1) is 30.6. The van der Waals surface area contributed by atoms with Crippen LogP contribution < -0.4 is 16.0 Å². The van der Waals surface area contributed by atoms with Gasteiger partial charge in [-0.1, -0.05) is 13.0 Å². The van der Waals surface area contributed by atoms with Crippen LogP contribution in [0.2, 0.25) is 0 Å². The first-order chi connectivity index (χ1) is 17.7. The van der Waals surface area contributed by atoms with Crippen LogP contribution in [0, 0.1) is 23.4 Å². The summed E-state index contributed by atoms with van der Waals surface area (Å²) in [4.78, 5) is 23.4. The lowest BCUT2D eigenvalue weighted by atomic mass is 9.92. The molecule has 5 rings (SSSR count). The van der Waals surface area contributed by atoms with E-state index in [-0.39, 0.29) is 36.4 Å². The van der Waals surface area contributed by atoms with E-state index in [0.717, 1.165) is 35.9 Å². The normalized spacial score (nSPS) is 22.0. The topological polar surface area (TPSA) is 125 Å². The number of aliphatic hydroxyl groups is 2. The van der Waals surface area contributed by atoms with Crippen molar-refractivity contribution in [2.75, 3.05) is 23.3 Å². The Morgan fingerprint density at radius 1 is 1.08 bits per heavy atom. The fourth-order valence-electron chi connectivity index (χ4n) is 5.11. The average molecular weight is 586 g/mol. The molecule has 1 aromatic carbocycles. The summed E-state index contributed by atoms with van der Waals surface area (Å²) in [5, 5.41) is 23.4. The van der Waals surface area contributed by atoms with Crippen LogP contribution >= 0.6 is 24.8 Å². The number of hydrogen-bond donors (Lipinski definition) is 4. The van der Waals surface area contributed by atoms with Crippen LogP contribution in [-0.2, 0) is 6.42 Å². The van der Waals surface area contributed by atoms with Gasteiger partial charge in [-0.05, 0) is 37.1 Å². The Labute approximate surface area is 235 Å². The van der Waals surface area contributed by atoms with Gasteiger partial charge in [-0.3, -0.25) is 9.78 Å². The van der Waals surface area contributed by atoms with Crippen LogP contribution in [0.1, 0.15) is 41.2 Å². The summed E-state index contributed by atoms with van der Waals surface area (Å²) >= 11 is 0. The average Bonchev–Trinajstić information content (AvgIpc) is 3.23. The standard InChI is InChI=1S/C26H26F3N5O3.2ClH/c1-12-10-34(11-17(30)25(12)36)24-13-5-8-20(35)22(13)31-9-19(24)33-26(37)18-7-6-16(29)23(32-18)21-14(27)3-2-4-15(21)28;;/h2-4,6-7,9,12,17,20,25,35-36H,5,8,10-11,30H2,1H3,(H,33,37);2*1H/t12-,17+,20?,25+;;/m0../s1. The van der Waals surface area contributed by atoms with Crippen molar-refractivity contribution in [1.29, 1.82) is 0 Å². The molecule has 2 aromatic heterocycles. The Hall–Kier alpha value is -2.96. The number of carbonyl (C=O) groups excluding carboxylic acids is 1. The Bertz CT molecular complexity index is 1350. The van der Waals surface area contributed by atoms with E-state index in [1.807, 2.05) is 11.8 Å². The predicted molar refractivity (Wildman–Crippen MR) is 145 cm³/mol. The maximum absolute atomic E-state index is 14.5. The molecule has 5 N–H and O–H groups in total. The summed E-state index contributed by atoms with van der Waals surface area (Å²) < 4.78 is 43.1. The number of nitrogens with two attached hydrogens (primary N) is 1. The van der Waals surface area contributed by atoms with Crippen molar-refractivity contribution in [1.82, 2.24) is 9.97 Å². The van der Waals surface area contributed by atoms with Crippen LogP contribution in [0.3, 0.4) is 0 Å². The molecule has 13 heteroatoms. The van der Waals surface area contributed by atoms with Crippen molar-refractivity contribution in [3.8, 4) is 11.3 Å². The van der Waals surface area contributed by atoms with Crippen molar-refractivity contribution in [3.63, 3.8) is 0 Å². The fraction of sp³-hybridized carbons (Fsp3) is 0.346. The molecule has 1 aliphatic heterocycles. The molecule has 0 saturated carbocycles. The largest absolute Gasteiger partial charge is 0.391 e. The van der Waals surface area contributed by atoms with Gasteiger partial charge >= 0.3 is 0 Å². The van der Waals surface area contributed by atoms with Gasteiger partial charge < -0.3 is 26.2 Å². The van der Waals surface area contributed by atoms with Crippen molar-refractivity contribution in [2.45, 2.75) is 38.0 Å². The lowest BCUT2D eigenvalue weighted by Gasteiger charge is -2.41. The SMILES string of the molecule is C[C@H]1CN(c2c(NC(=O)c3ccc(F)c(-c4c(F)cccc4F)n3)cnc3c2CCC3O)C[C@@H](N)[C@@H]1O.Cl.Cl. The van der Waals surface area contributed by atoms with Crippen molar-refractivity contribution >= 4 is 42.1 Å². The molecule has 210 valence electrons. The molecule has 1 unspecified atom stereocenters. The van der Waals surface area contributed by atoms with E-state index >= 15 is 0 Å². The minimum absolute atomic E-state index is 0. The lowest BCUT2D eigenvalue weighted by Crippen LogP contribution is -2.56. The molecule has 8 nitrogen and oxygen atoms in total. The number of hydrogen-bond acceptors (Lipinski definition) is 7. The molecule has 4 atom stereocenters. The zero-order valence-corrected chi connectivity index (χ0v) is 22.4. The number of nitrogens with one attached hydrogen (secondary N) is 1. The van der Waals surface area contributed by atoms with Crippen molar-refractivity contribution in [3.05, 3.63) is 70.9 Å². The molecule has 1 fully saturated rings. The summed E-state index contributed by atoms with van der Waals surface area (Å²) in [5.41, 5.74) is 6.85. The number of halogens is 5. The molecule has 0 bridgehead atoms. The maximum atomic E-state index is 14.5. The van der Waals surface area contributed by atoms with E-state index in [2.05, 4.69) is 15.3 Å². The summed E-state index contributed by atoms with van der Waals surface area (Å²) in [6.45, 7) is 2.64. The molecule has 3 heterocycles. The van der Waals surface area contributed by atoms with E-state index in [1.165, 1.54) is 6.20 Å². The van der Waals surface area contributed by atoms with Gasteiger partial charge in [0, 0.05) is 30.6 Å². The number of rotatable bonds is 4. The highest BCUT2D eigenvalue weighted by atomic mass is 35.5. The second-order valence-electron chi connectivity index (χ2n) is 9.55. The number of piperidine rings is 1. The van der Waals surface area contributed by atoms with Gasteiger partial charge in [-0.2, -0.15) is 0 Å². The monoisotopic (exact) mass is 585 g/mol. The molecule has 1 saturated heterocycles. The summed E-state index contributed by atoms with van der Waals surface area (Å²) in [5.74, 6) is -3.90. The summed E-state index contributed by atoms with van der Waals surface area (Å²) in [6, 6.07) is 4.61. The number of pyridine rings is 2. The van der Waals surface area contributed by atoms with Gasteiger partial charge in [-0.15, -0.1) is 24.8 Å². The summed E-state index contributed by atoms with van der Waals surface area (Å²) in [7, 11) is 0. The van der Waals surface area contributed by atoms with Gasteiger partial charge in [0.05, 0.1) is 41.0 Å². The third kappa shape index (κ3) is 5.68. The minimum atomic E-state index is -1.01. The van der Waals surface area contributed by atoms with E-state index < -0.39 is 52.9 Å². The molecule has 0 radical (unpaired) electrons. The predicted octanol–water partition coefficient (Wildman–Crippen LogP) is 3.78. The van der Waals surface area contributed by atoms with Crippen molar-refractivity contribution < 1.29 is 28.2 Å². The zero-order chi connectivity index (χ0) is 26.4. The molecule has 3 aromatic rings. The van der Waals surface area contributed by atoms with Gasteiger partial charge in [0.1, 0.15) is 28.8 Å². The smallest absolute Gasteiger partial charge is 0.274 e. The fourth-order valence-corrected chi connectivity index (χ4v) is 5.11. The number of aromatic nitrogens is 2. The number of fused-ring (bicyclic) bond motifs is 1. The van der Waals surface area contributed by atoms with Gasteiger partial charge in [-0.25, -0.2) is 18.2 Å². The second-order valence-corrected chi connectivity index (χ2v) is 9.55. The third-order valence-electron chi connectivity index (χ3n) is 6.97. The number of aliphatic hydroxyl groups excluding tert-OH is 2. The highest BCUT2D eigenvalue weighted by Gasteiger charge is 2.36. The number of benzene rings is 1. The number of anilines is 2. The molecule has 1 aliphatic carbocycles. The third-order valence-corrected chi connectivity index (χ3v) is 6.97. The second kappa shape index (κ2) is 12.1. The zero-order valence-electron chi connectivity index (χ0n) is 20.8. The quantitative estimate of drug-likeness (QED) is 0.367. The molecule has 0 spiro atoms. The highest BCUT2D eigenvalue weighted by Crippen LogP contribution is 2.41. The molecule has 1 amide bonds. The van der Waals surface area contributed by atoms with Crippen LogP contribution in [-0.4, -0.2) is 51.3 Å². The van der Waals surface area contributed by atoms with E-state index in [0.29, 0.717) is 43.0 Å². The number of amides is 1. The van der Waals surface area contributed by atoms with Crippen LogP contribution in [0.25, 0.3) is 11.3 Å². The van der Waals surface area contributed by atoms with Crippen LogP contribution in [0.5, 0.6) is 0 Å². The Morgan fingerprint density at radius 3 is 2.44 bits per heavy atom. The Morgan fingerprint density at radius 2 is 1.77 bits per heavy atom. The van der Waals surface area contributed by atoms with E-state index in [4.69, 9.17) is 5.73 Å². The molecule has 39 heavy (non-hydrogen) atoms. The van der Waals surface area contributed by atoms with E-state index in [9.17, 15) is 28.2 Å². The van der Waals surface area contributed by atoms with Crippen LogP contribution in [0.15, 0.2) is 36.5 Å². The first-order valence-corrected chi connectivity index (χ1v) is 12.0. The Balaban J connectivity index is 0.00000210. The van der Waals surface area contributed by atoms with Gasteiger partial charge in [0.25, 0.3) is 5.91 Å². The number of carbonyl (C=O) groups is 1.